The Labute approximate surface area is 206 Å². The molecule has 1 amide bonds. The van der Waals surface area contributed by atoms with Crippen LogP contribution in [0.5, 0.6) is 5.75 Å². The molecule has 0 aliphatic carbocycles. The van der Waals surface area contributed by atoms with Crippen LogP contribution in [0, 0.1) is 0 Å². The van der Waals surface area contributed by atoms with Gasteiger partial charge in [-0.15, -0.1) is 0 Å². The maximum Gasteiger partial charge on any atom is 0.257 e. The summed E-state index contributed by atoms with van der Waals surface area (Å²) in [5, 5.41) is 3.93. The van der Waals surface area contributed by atoms with Gasteiger partial charge in [0.2, 0.25) is 0 Å². The standard InChI is InChI=1S/C29H30N4O2/c34-28(30-17-16-23-8-3-1-4-9-23)22-35-26-13-7-10-24-14-15-27(31-29(24)26)33-20-18-32(19-21-33)25-11-5-2-6-12-25/h1-15H,16-22H2,(H,30,34). The summed E-state index contributed by atoms with van der Waals surface area (Å²) in [6, 6.07) is 30.6. The lowest BCUT2D eigenvalue weighted by atomic mass is 10.1. The van der Waals surface area contributed by atoms with Gasteiger partial charge in [0.15, 0.2) is 6.61 Å². The second-order valence-electron chi connectivity index (χ2n) is 8.68. The highest BCUT2D eigenvalue weighted by molar-refractivity contribution is 5.86. The van der Waals surface area contributed by atoms with Crippen LogP contribution in [-0.4, -0.2) is 50.2 Å². The predicted octanol–water partition coefficient (Wildman–Crippen LogP) is 4.30. The molecule has 35 heavy (non-hydrogen) atoms. The zero-order chi connectivity index (χ0) is 23.9. The molecule has 0 saturated carbocycles. The van der Waals surface area contributed by atoms with E-state index in [9.17, 15) is 4.79 Å². The summed E-state index contributed by atoms with van der Waals surface area (Å²) in [7, 11) is 0. The molecule has 6 nitrogen and oxygen atoms in total. The molecule has 1 fully saturated rings. The number of aromatic nitrogens is 1. The van der Waals surface area contributed by atoms with Gasteiger partial charge < -0.3 is 19.9 Å². The van der Waals surface area contributed by atoms with E-state index < -0.39 is 0 Å². The number of carbonyl (C=O) groups excluding carboxylic acids is 1. The lowest BCUT2D eigenvalue weighted by Gasteiger charge is -2.36. The van der Waals surface area contributed by atoms with Crippen LogP contribution in [0.15, 0.2) is 91.0 Å². The van der Waals surface area contributed by atoms with Gasteiger partial charge in [-0.25, -0.2) is 4.98 Å². The van der Waals surface area contributed by atoms with Crippen LogP contribution < -0.4 is 19.9 Å². The predicted molar refractivity (Wildman–Crippen MR) is 141 cm³/mol. The molecular formula is C29H30N4O2. The van der Waals surface area contributed by atoms with Crippen molar-refractivity contribution in [3.8, 4) is 5.75 Å². The summed E-state index contributed by atoms with van der Waals surface area (Å²) in [6.45, 7) is 4.26. The Balaban J connectivity index is 1.19. The average Bonchev–Trinajstić information content (AvgIpc) is 2.93. The van der Waals surface area contributed by atoms with Crippen molar-refractivity contribution in [1.29, 1.82) is 0 Å². The number of amides is 1. The molecule has 178 valence electrons. The molecule has 2 heterocycles. The molecule has 1 N–H and O–H groups in total. The van der Waals surface area contributed by atoms with E-state index in [2.05, 4.69) is 63.6 Å². The van der Waals surface area contributed by atoms with Gasteiger partial charge in [-0.3, -0.25) is 4.79 Å². The lowest BCUT2D eigenvalue weighted by Crippen LogP contribution is -2.46. The van der Waals surface area contributed by atoms with Crippen molar-refractivity contribution in [3.63, 3.8) is 0 Å². The Bertz CT molecular complexity index is 1260. The zero-order valence-corrected chi connectivity index (χ0v) is 19.8. The second-order valence-corrected chi connectivity index (χ2v) is 8.68. The molecule has 0 bridgehead atoms. The van der Waals surface area contributed by atoms with E-state index in [1.165, 1.54) is 11.3 Å². The minimum atomic E-state index is -0.133. The number of benzene rings is 3. The zero-order valence-electron chi connectivity index (χ0n) is 19.8. The first kappa shape index (κ1) is 22.7. The fourth-order valence-corrected chi connectivity index (χ4v) is 4.42. The third-order valence-electron chi connectivity index (χ3n) is 6.33. The van der Waals surface area contributed by atoms with Crippen molar-refractivity contribution in [1.82, 2.24) is 10.3 Å². The van der Waals surface area contributed by atoms with E-state index in [1.807, 2.05) is 42.5 Å². The van der Waals surface area contributed by atoms with Crippen molar-refractivity contribution < 1.29 is 9.53 Å². The van der Waals surface area contributed by atoms with Gasteiger partial charge in [0.05, 0.1) is 0 Å². The summed E-state index contributed by atoms with van der Waals surface area (Å²) >= 11 is 0. The first-order chi connectivity index (χ1) is 17.3. The van der Waals surface area contributed by atoms with Crippen LogP contribution in [0.4, 0.5) is 11.5 Å². The third-order valence-corrected chi connectivity index (χ3v) is 6.33. The molecule has 3 aromatic carbocycles. The Hall–Kier alpha value is -4.06. The van der Waals surface area contributed by atoms with E-state index in [0.29, 0.717) is 12.3 Å². The van der Waals surface area contributed by atoms with Gasteiger partial charge in [0.1, 0.15) is 17.1 Å². The molecule has 4 aromatic rings. The number of rotatable bonds is 8. The molecule has 5 rings (SSSR count). The number of nitrogens with one attached hydrogen (secondary N) is 1. The smallest absolute Gasteiger partial charge is 0.257 e. The molecule has 1 aromatic heterocycles. The molecule has 1 aliphatic rings. The highest BCUT2D eigenvalue weighted by Crippen LogP contribution is 2.27. The molecule has 0 unspecified atom stereocenters. The van der Waals surface area contributed by atoms with E-state index in [4.69, 9.17) is 9.72 Å². The number of ether oxygens (including phenoxy) is 1. The molecule has 0 atom stereocenters. The van der Waals surface area contributed by atoms with Gasteiger partial charge in [-0.2, -0.15) is 0 Å². The minimum absolute atomic E-state index is 0.0322. The van der Waals surface area contributed by atoms with Gasteiger partial charge in [-0.05, 0) is 42.3 Å². The highest BCUT2D eigenvalue weighted by atomic mass is 16.5. The molecule has 0 radical (unpaired) electrons. The number of nitrogens with zero attached hydrogens (tertiary/aromatic N) is 3. The number of anilines is 2. The highest BCUT2D eigenvalue weighted by Gasteiger charge is 2.19. The van der Waals surface area contributed by atoms with Gasteiger partial charge in [0.25, 0.3) is 5.91 Å². The number of fused-ring (bicyclic) bond motifs is 1. The summed E-state index contributed by atoms with van der Waals surface area (Å²) in [4.78, 5) is 22.0. The van der Waals surface area contributed by atoms with Crippen LogP contribution in [-0.2, 0) is 11.2 Å². The maximum atomic E-state index is 12.3. The fourth-order valence-electron chi connectivity index (χ4n) is 4.42. The first-order valence-electron chi connectivity index (χ1n) is 12.1. The summed E-state index contributed by atoms with van der Waals surface area (Å²) in [5.74, 6) is 1.44. The SMILES string of the molecule is O=C(COc1cccc2ccc(N3CCN(c4ccccc4)CC3)nc12)NCCc1ccccc1. The van der Waals surface area contributed by atoms with Gasteiger partial charge >= 0.3 is 0 Å². The van der Waals surface area contributed by atoms with Crippen molar-refractivity contribution in [2.75, 3.05) is 49.1 Å². The quantitative estimate of drug-likeness (QED) is 0.420. The summed E-state index contributed by atoms with van der Waals surface area (Å²) in [6.07, 6.45) is 0.795. The fraction of sp³-hybridized carbons (Fsp3) is 0.241. The third kappa shape index (κ3) is 5.72. The number of para-hydroxylation sites is 2. The summed E-state index contributed by atoms with van der Waals surface area (Å²) in [5.41, 5.74) is 3.24. The van der Waals surface area contributed by atoms with Crippen molar-refractivity contribution in [2.24, 2.45) is 0 Å². The van der Waals surface area contributed by atoms with Crippen LogP contribution >= 0.6 is 0 Å². The monoisotopic (exact) mass is 466 g/mol. The van der Waals surface area contributed by atoms with Crippen molar-refractivity contribution in [2.45, 2.75) is 6.42 Å². The topological polar surface area (TPSA) is 57.7 Å². The van der Waals surface area contributed by atoms with Crippen LogP contribution in [0.25, 0.3) is 10.9 Å². The van der Waals surface area contributed by atoms with Gasteiger partial charge in [0, 0.05) is 43.8 Å². The first-order valence-corrected chi connectivity index (χ1v) is 12.1. The molecular weight excluding hydrogens is 436 g/mol. The van der Waals surface area contributed by atoms with Crippen LogP contribution in [0.3, 0.4) is 0 Å². The Morgan fingerprint density at radius 1 is 0.800 bits per heavy atom. The van der Waals surface area contributed by atoms with E-state index >= 15 is 0 Å². The second kappa shape index (κ2) is 10.9. The van der Waals surface area contributed by atoms with Crippen LogP contribution in [0.1, 0.15) is 5.56 Å². The molecule has 1 aliphatic heterocycles. The number of carbonyl (C=O) groups is 1. The lowest BCUT2D eigenvalue weighted by molar-refractivity contribution is -0.123. The average molecular weight is 467 g/mol. The summed E-state index contributed by atoms with van der Waals surface area (Å²) < 4.78 is 5.90. The van der Waals surface area contributed by atoms with Crippen LogP contribution in [0.2, 0.25) is 0 Å². The maximum absolute atomic E-state index is 12.3. The normalized spacial score (nSPS) is 13.6. The Kier molecular flexibility index (Phi) is 7.08. The number of hydrogen-bond acceptors (Lipinski definition) is 5. The van der Waals surface area contributed by atoms with Crippen molar-refractivity contribution >= 4 is 28.3 Å². The molecule has 1 saturated heterocycles. The van der Waals surface area contributed by atoms with E-state index in [1.54, 1.807) is 0 Å². The largest absolute Gasteiger partial charge is 0.481 e. The minimum Gasteiger partial charge on any atom is -0.481 e. The van der Waals surface area contributed by atoms with Gasteiger partial charge in [-0.1, -0.05) is 60.7 Å². The number of piperazine rings is 1. The molecule has 0 spiro atoms. The Morgan fingerprint density at radius 3 is 2.29 bits per heavy atom. The number of hydrogen-bond donors (Lipinski definition) is 1. The Morgan fingerprint density at radius 2 is 1.51 bits per heavy atom. The van der Waals surface area contributed by atoms with Crippen molar-refractivity contribution in [3.05, 3.63) is 96.6 Å². The molecule has 6 heteroatoms. The van der Waals surface area contributed by atoms with E-state index in [-0.39, 0.29) is 12.5 Å². The van der Waals surface area contributed by atoms with E-state index in [0.717, 1.165) is 49.3 Å². The number of pyridine rings is 1.